The molecule has 2 N–H and O–H groups in total. The second kappa shape index (κ2) is 7.77. The number of benzene rings is 2. The summed E-state index contributed by atoms with van der Waals surface area (Å²) < 4.78 is 13.9. The lowest BCUT2D eigenvalue weighted by molar-refractivity contribution is -0.131. The lowest BCUT2D eigenvalue weighted by Crippen LogP contribution is -2.34. The van der Waals surface area contributed by atoms with Crippen LogP contribution in [0.5, 0.6) is 0 Å². The third-order valence-corrected chi connectivity index (χ3v) is 4.65. The van der Waals surface area contributed by atoms with Gasteiger partial charge in [-0.15, -0.1) is 12.4 Å². The first-order chi connectivity index (χ1) is 11.1. The number of rotatable bonds is 3. The molecule has 1 aliphatic heterocycles. The lowest BCUT2D eigenvalue weighted by atomic mass is 9.95. The fourth-order valence-corrected chi connectivity index (χ4v) is 3.30. The van der Waals surface area contributed by atoms with Crippen molar-refractivity contribution < 1.29 is 9.18 Å². The van der Waals surface area contributed by atoms with E-state index in [0.717, 1.165) is 5.56 Å². The first kappa shape index (κ1) is 18.4. The Bertz CT molecular complexity index is 695. The van der Waals surface area contributed by atoms with E-state index in [2.05, 4.69) is 0 Å². The van der Waals surface area contributed by atoms with Crippen molar-refractivity contribution >= 4 is 18.3 Å². The summed E-state index contributed by atoms with van der Waals surface area (Å²) in [5.41, 5.74) is 7.83. The number of nitrogens with zero attached hydrogens (tertiary/aromatic N) is 1. The second-order valence-corrected chi connectivity index (χ2v) is 6.17. The van der Waals surface area contributed by atoms with Crippen LogP contribution in [-0.4, -0.2) is 29.9 Å². The van der Waals surface area contributed by atoms with Crippen molar-refractivity contribution in [2.75, 3.05) is 13.1 Å². The molecule has 3 atom stereocenters. The van der Waals surface area contributed by atoms with E-state index in [0.29, 0.717) is 18.7 Å². The number of amides is 1. The standard InChI is InChI=1S/C19H21FN2O.ClH/c1-13(15-9-5-6-10-17(15)20)19(23)22-11-16(18(21)12-22)14-7-3-2-4-8-14;/h2-10,13,16,18H,11-12,21H2,1H3;1H/t13?,16-,18+;/m0./s1. The number of carbonyl (C=O) groups excluding carboxylic acids is 1. The molecule has 0 saturated carbocycles. The van der Waals surface area contributed by atoms with E-state index >= 15 is 0 Å². The summed E-state index contributed by atoms with van der Waals surface area (Å²) in [6.07, 6.45) is 0. The Balaban J connectivity index is 0.00000208. The van der Waals surface area contributed by atoms with Gasteiger partial charge in [0, 0.05) is 25.0 Å². The molecule has 1 amide bonds. The van der Waals surface area contributed by atoms with E-state index in [1.54, 1.807) is 30.0 Å². The Kier molecular flexibility index (Phi) is 5.97. The molecule has 0 bridgehead atoms. The molecule has 2 aromatic rings. The zero-order valence-electron chi connectivity index (χ0n) is 13.6. The van der Waals surface area contributed by atoms with Crippen LogP contribution in [0.2, 0.25) is 0 Å². The third-order valence-electron chi connectivity index (χ3n) is 4.65. The van der Waals surface area contributed by atoms with Crippen molar-refractivity contribution in [1.29, 1.82) is 0 Å². The van der Waals surface area contributed by atoms with Gasteiger partial charge < -0.3 is 10.6 Å². The molecule has 1 unspecified atom stereocenters. The maximum atomic E-state index is 13.9. The van der Waals surface area contributed by atoms with E-state index in [9.17, 15) is 9.18 Å². The summed E-state index contributed by atoms with van der Waals surface area (Å²) >= 11 is 0. The van der Waals surface area contributed by atoms with Crippen LogP contribution >= 0.6 is 12.4 Å². The molecule has 3 nitrogen and oxygen atoms in total. The van der Waals surface area contributed by atoms with Crippen LogP contribution in [0.4, 0.5) is 4.39 Å². The monoisotopic (exact) mass is 348 g/mol. The van der Waals surface area contributed by atoms with Crippen molar-refractivity contribution in [2.45, 2.75) is 24.8 Å². The van der Waals surface area contributed by atoms with Gasteiger partial charge in [0.25, 0.3) is 0 Å². The molecule has 1 fully saturated rings. The van der Waals surface area contributed by atoms with Crippen LogP contribution in [0.15, 0.2) is 54.6 Å². The van der Waals surface area contributed by atoms with Crippen LogP contribution in [-0.2, 0) is 4.79 Å². The molecule has 0 aromatic heterocycles. The average molecular weight is 349 g/mol. The van der Waals surface area contributed by atoms with E-state index in [-0.39, 0.29) is 36.1 Å². The predicted molar refractivity (Wildman–Crippen MR) is 95.8 cm³/mol. The van der Waals surface area contributed by atoms with E-state index in [1.165, 1.54) is 6.07 Å². The highest BCUT2D eigenvalue weighted by atomic mass is 35.5. The maximum absolute atomic E-state index is 13.9. The van der Waals surface area contributed by atoms with Gasteiger partial charge in [0.15, 0.2) is 0 Å². The van der Waals surface area contributed by atoms with E-state index in [4.69, 9.17) is 5.73 Å². The Morgan fingerprint density at radius 1 is 1.12 bits per heavy atom. The van der Waals surface area contributed by atoms with Gasteiger partial charge in [0.05, 0.1) is 5.92 Å². The third kappa shape index (κ3) is 3.60. The van der Waals surface area contributed by atoms with Gasteiger partial charge in [0.2, 0.25) is 5.91 Å². The fraction of sp³-hybridized carbons (Fsp3) is 0.316. The highest BCUT2D eigenvalue weighted by Gasteiger charge is 2.36. The maximum Gasteiger partial charge on any atom is 0.230 e. The molecule has 0 aliphatic carbocycles. The smallest absolute Gasteiger partial charge is 0.230 e. The molecule has 1 heterocycles. The second-order valence-electron chi connectivity index (χ2n) is 6.17. The van der Waals surface area contributed by atoms with Gasteiger partial charge in [-0.1, -0.05) is 48.5 Å². The quantitative estimate of drug-likeness (QED) is 0.925. The number of hydrogen-bond acceptors (Lipinski definition) is 2. The minimum absolute atomic E-state index is 0. The van der Waals surface area contributed by atoms with Crippen LogP contribution in [0, 0.1) is 5.82 Å². The molecule has 5 heteroatoms. The molecule has 1 aliphatic rings. The van der Waals surface area contributed by atoms with Crippen LogP contribution in [0.25, 0.3) is 0 Å². The molecule has 0 radical (unpaired) electrons. The number of likely N-dealkylation sites (tertiary alicyclic amines) is 1. The van der Waals surface area contributed by atoms with Gasteiger partial charge in [-0.25, -0.2) is 4.39 Å². The van der Waals surface area contributed by atoms with Crippen LogP contribution in [0.3, 0.4) is 0 Å². The van der Waals surface area contributed by atoms with Gasteiger partial charge in [0.1, 0.15) is 5.82 Å². The highest BCUT2D eigenvalue weighted by molar-refractivity contribution is 5.85. The van der Waals surface area contributed by atoms with Gasteiger partial charge in [-0.2, -0.15) is 0 Å². The fourth-order valence-electron chi connectivity index (χ4n) is 3.30. The summed E-state index contributed by atoms with van der Waals surface area (Å²) in [4.78, 5) is 14.5. The van der Waals surface area contributed by atoms with Crippen molar-refractivity contribution in [3.8, 4) is 0 Å². The Morgan fingerprint density at radius 3 is 2.42 bits per heavy atom. The van der Waals surface area contributed by atoms with Crippen LogP contribution < -0.4 is 5.73 Å². The summed E-state index contributed by atoms with van der Waals surface area (Å²) in [5.74, 6) is -0.772. The van der Waals surface area contributed by atoms with Crippen LogP contribution in [0.1, 0.15) is 29.9 Å². The van der Waals surface area contributed by atoms with Gasteiger partial charge >= 0.3 is 0 Å². The molecule has 1 saturated heterocycles. The van der Waals surface area contributed by atoms with Crippen molar-refractivity contribution in [2.24, 2.45) is 5.73 Å². The normalized spacial score (nSPS) is 21.2. The Hall–Kier alpha value is -1.91. The lowest BCUT2D eigenvalue weighted by Gasteiger charge is -2.21. The SMILES string of the molecule is CC(C(=O)N1C[C@@H](N)[C@H](c2ccccc2)C1)c1ccccc1F.Cl. The minimum atomic E-state index is -0.502. The molecule has 24 heavy (non-hydrogen) atoms. The van der Waals surface area contributed by atoms with E-state index < -0.39 is 5.92 Å². The minimum Gasteiger partial charge on any atom is -0.340 e. The molecule has 0 spiro atoms. The van der Waals surface area contributed by atoms with Gasteiger partial charge in [-0.3, -0.25) is 4.79 Å². The van der Waals surface area contributed by atoms with Crippen molar-refractivity contribution in [3.63, 3.8) is 0 Å². The molecular formula is C19H22ClFN2O. The topological polar surface area (TPSA) is 46.3 Å². The van der Waals surface area contributed by atoms with Crippen molar-refractivity contribution in [3.05, 3.63) is 71.5 Å². The largest absolute Gasteiger partial charge is 0.340 e. The summed E-state index contributed by atoms with van der Waals surface area (Å²) in [7, 11) is 0. The number of hydrogen-bond donors (Lipinski definition) is 1. The highest BCUT2D eigenvalue weighted by Crippen LogP contribution is 2.29. The molecule has 3 rings (SSSR count). The first-order valence-electron chi connectivity index (χ1n) is 7.91. The summed E-state index contributed by atoms with van der Waals surface area (Å²) in [6.45, 7) is 2.85. The molecule has 128 valence electrons. The van der Waals surface area contributed by atoms with Crippen molar-refractivity contribution in [1.82, 2.24) is 4.90 Å². The summed E-state index contributed by atoms with van der Waals surface area (Å²) in [6, 6.07) is 16.4. The molecular weight excluding hydrogens is 327 g/mol. The zero-order valence-corrected chi connectivity index (χ0v) is 14.4. The molecule has 2 aromatic carbocycles. The average Bonchev–Trinajstić information content (AvgIpc) is 2.96. The predicted octanol–water partition coefficient (Wildman–Crippen LogP) is 3.30. The van der Waals surface area contributed by atoms with Gasteiger partial charge in [-0.05, 0) is 24.1 Å². The van der Waals surface area contributed by atoms with E-state index in [1.807, 2.05) is 30.3 Å². The summed E-state index contributed by atoms with van der Waals surface area (Å²) in [5, 5.41) is 0. The number of nitrogens with two attached hydrogens (primary N) is 1. The first-order valence-corrected chi connectivity index (χ1v) is 7.91. The number of halogens is 2. The Labute approximate surface area is 148 Å². The Morgan fingerprint density at radius 2 is 1.75 bits per heavy atom. The number of carbonyl (C=O) groups is 1. The zero-order chi connectivity index (χ0) is 16.4.